The van der Waals surface area contributed by atoms with E-state index in [9.17, 15) is 18.3 Å². The van der Waals surface area contributed by atoms with Crippen molar-refractivity contribution in [1.82, 2.24) is 4.57 Å². The van der Waals surface area contributed by atoms with Crippen LogP contribution in [0.4, 0.5) is 5.69 Å². The lowest BCUT2D eigenvalue weighted by Gasteiger charge is -2.28. The lowest BCUT2D eigenvalue weighted by molar-refractivity contribution is -0.166. The van der Waals surface area contributed by atoms with E-state index in [1.807, 2.05) is 56.4 Å². The van der Waals surface area contributed by atoms with E-state index in [0.717, 1.165) is 47.9 Å². The summed E-state index contributed by atoms with van der Waals surface area (Å²) in [5.41, 5.74) is 1.71. The van der Waals surface area contributed by atoms with Crippen LogP contribution in [0, 0.1) is 0 Å². The SMILES string of the molecule is CCO[C@@](CC)(Cc1ccc(NCCCn2ccc3cc(OS(C)(=O)=O)ccc32)cc1)C(=O)O. The Labute approximate surface area is 200 Å². The van der Waals surface area contributed by atoms with E-state index in [1.165, 1.54) is 0 Å². The minimum atomic E-state index is -3.55. The molecule has 1 heterocycles. The Morgan fingerprint density at radius 2 is 1.85 bits per heavy atom. The number of benzene rings is 2. The summed E-state index contributed by atoms with van der Waals surface area (Å²) in [6, 6.07) is 15.0. The number of carbonyl (C=O) groups is 1. The average Bonchev–Trinajstić information content (AvgIpc) is 3.18. The van der Waals surface area contributed by atoms with Gasteiger partial charge in [-0.15, -0.1) is 0 Å². The van der Waals surface area contributed by atoms with Gasteiger partial charge in [0.1, 0.15) is 5.75 Å². The normalized spacial score (nSPS) is 13.5. The fourth-order valence-electron chi connectivity index (χ4n) is 4.00. The van der Waals surface area contributed by atoms with Crippen molar-refractivity contribution in [3.05, 3.63) is 60.3 Å². The van der Waals surface area contributed by atoms with Crippen molar-refractivity contribution in [2.75, 3.05) is 24.7 Å². The third-order valence-corrected chi connectivity index (χ3v) is 6.22. The number of nitrogens with zero attached hydrogens (tertiary/aromatic N) is 1. The van der Waals surface area contributed by atoms with Crippen LogP contribution >= 0.6 is 0 Å². The highest BCUT2D eigenvalue weighted by atomic mass is 32.2. The Balaban J connectivity index is 1.53. The van der Waals surface area contributed by atoms with Gasteiger partial charge in [0.05, 0.1) is 6.26 Å². The van der Waals surface area contributed by atoms with Crippen LogP contribution in [0.3, 0.4) is 0 Å². The quantitative estimate of drug-likeness (QED) is 0.273. The molecule has 1 atom stereocenters. The third kappa shape index (κ3) is 6.51. The molecule has 0 aliphatic heterocycles. The fraction of sp³-hybridized carbons (Fsp3) is 0.400. The van der Waals surface area contributed by atoms with E-state index in [1.54, 1.807) is 12.1 Å². The zero-order chi connectivity index (χ0) is 24.8. The molecule has 2 aromatic carbocycles. The predicted molar refractivity (Wildman–Crippen MR) is 133 cm³/mol. The second-order valence-electron chi connectivity index (χ2n) is 8.26. The maximum atomic E-state index is 11.8. The van der Waals surface area contributed by atoms with Crippen molar-refractivity contribution in [1.29, 1.82) is 0 Å². The van der Waals surface area contributed by atoms with Gasteiger partial charge in [0.15, 0.2) is 5.60 Å². The zero-order valence-corrected chi connectivity index (χ0v) is 20.6. The Hall–Kier alpha value is -3.04. The molecular weight excluding hydrogens is 456 g/mol. The maximum absolute atomic E-state index is 11.8. The molecule has 3 rings (SSSR count). The molecule has 2 N–H and O–H groups in total. The van der Waals surface area contributed by atoms with Crippen LogP contribution in [-0.2, 0) is 32.6 Å². The van der Waals surface area contributed by atoms with Gasteiger partial charge < -0.3 is 23.9 Å². The van der Waals surface area contributed by atoms with Gasteiger partial charge in [-0.2, -0.15) is 8.42 Å². The third-order valence-electron chi connectivity index (χ3n) is 5.72. The number of hydrogen-bond acceptors (Lipinski definition) is 6. The summed E-state index contributed by atoms with van der Waals surface area (Å²) in [7, 11) is -3.55. The molecule has 1 aromatic heterocycles. The molecule has 0 saturated heterocycles. The maximum Gasteiger partial charge on any atom is 0.336 e. The zero-order valence-electron chi connectivity index (χ0n) is 19.8. The fourth-order valence-corrected chi connectivity index (χ4v) is 4.45. The number of aryl methyl sites for hydroxylation is 1. The molecule has 0 radical (unpaired) electrons. The predicted octanol–water partition coefficient (Wildman–Crippen LogP) is 4.29. The summed E-state index contributed by atoms with van der Waals surface area (Å²) in [4.78, 5) is 11.8. The largest absolute Gasteiger partial charge is 0.479 e. The number of anilines is 1. The number of aliphatic carboxylic acids is 1. The van der Waals surface area contributed by atoms with Crippen molar-refractivity contribution in [3.63, 3.8) is 0 Å². The Morgan fingerprint density at radius 1 is 1.12 bits per heavy atom. The summed E-state index contributed by atoms with van der Waals surface area (Å²) < 4.78 is 35.3. The topological polar surface area (TPSA) is 107 Å². The summed E-state index contributed by atoms with van der Waals surface area (Å²) in [6.07, 6.45) is 4.61. The number of hydrogen-bond donors (Lipinski definition) is 2. The number of rotatable bonds is 13. The number of carboxylic acid groups (broad SMARTS) is 1. The van der Waals surface area contributed by atoms with Gasteiger partial charge in [0, 0.05) is 48.9 Å². The second kappa shape index (κ2) is 10.9. The molecule has 9 heteroatoms. The molecule has 8 nitrogen and oxygen atoms in total. The Kier molecular flexibility index (Phi) is 8.22. The van der Waals surface area contributed by atoms with Crippen LogP contribution in [0.1, 0.15) is 32.3 Å². The van der Waals surface area contributed by atoms with E-state index in [-0.39, 0.29) is 0 Å². The second-order valence-corrected chi connectivity index (χ2v) is 9.83. The van der Waals surface area contributed by atoms with Crippen molar-refractivity contribution in [3.8, 4) is 5.75 Å². The summed E-state index contributed by atoms with van der Waals surface area (Å²) in [5.74, 6) is -0.630. The van der Waals surface area contributed by atoms with Gasteiger partial charge in [0.25, 0.3) is 0 Å². The highest BCUT2D eigenvalue weighted by molar-refractivity contribution is 7.86. The number of nitrogens with one attached hydrogen (secondary N) is 1. The standard InChI is InChI=1S/C25H32N2O6S/c1-4-25(24(28)29,32-5-2)18-19-7-9-21(10-8-19)26-14-6-15-27-16-13-20-17-22(11-12-23(20)27)33-34(3,30)31/h7-13,16-17,26H,4-6,14-15,18H2,1-3H3,(H,28,29)/t25-/m0/s1. The summed E-state index contributed by atoms with van der Waals surface area (Å²) >= 11 is 0. The first-order chi connectivity index (χ1) is 16.2. The van der Waals surface area contributed by atoms with Gasteiger partial charge in [-0.05, 0) is 61.7 Å². The minimum absolute atomic E-state index is 0.304. The number of carboxylic acids is 1. The van der Waals surface area contributed by atoms with Gasteiger partial charge in [-0.3, -0.25) is 0 Å². The Bertz CT molecular complexity index is 1220. The first-order valence-electron chi connectivity index (χ1n) is 11.3. The van der Waals surface area contributed by atoms with Crippen molar-refractivity contribution >= 4 is 32.7 Å². The monoisotopic (exact) mass is 488 g/mol. The molecule has 0 amide bonds. The molecule has 0 aliphatic carbocycles. The molecular formula is C25H32N2O6S. The molecule has 0 unspecified atom stereocenters. The molecule has 34 heavy (non-hydrogen) atoms. The van der Waals surface area contributed by atoms with Gasteiger partial charge in [-0.25, -0.2) is 4.79 Å². The molecule has 3 aromatic rings. The number of aromatic nitrogens is 1. The summed E-state index contributed by atoms with van der Waals surface area (Å²) in [6.45, 7) is 5.55. The molecule has 184 valence electrons. The van der Waals surface area contributed by atoms with Crippen LogP contribution in [0.15, 0.2) is 54.7 Å². The summed E-state index contributed by atoms with van der Waals surface area (Å²) in [5, 5.41) is 14.0. The van der Waals surface area contributed by atoms with E-state index < -0.39 is 21.7 Å². The van der Waals surface area contributed by atoms with Crippen LogP contribution in [0.2, 0.25) is 0 Å². The lowest BCUT2D eigenvalue weighted by atomic mass is 9.91. The van der Waals surface area contributed by atoms with Crippen LogP contribution in [0.5, 0.6) is 5.75 Å². The van der Waals surface area contributed by atoms with E-state index in [0.29, 0.717) is 25.2 Å². The molecule has 0 fully saturated rings. The molecule has 0 saturated carbocycles. The van der Waals surface area contributed by atoms with Crippen molar-refractivity contribution in [2.45, 2.75) is 45.3 Å². The lowest BCUT2D eigenvalue weighted by Crippen LogP contribution is -2.43. The van der Waals surface area contributed by atoms with Crippen molar-refractivity contribution in [2.24, 2.45) is 0 Å². The minimum Gasteiger partial charge on any atom is -0.479 e. The van der Waals surface area contributed by atoms with E-state index >= 15 is 0 Å². The Morgan fingerprint density at radius 3 is 2.47 bits per heavy atom. The molecule has 0 bridgehead atoms. The highest BCUT2D eigenvalue weighted by Crippen LogP contribution is 2.25. The number of fused-ring (bicyclic) bond motifs is 1. The van der Waals surface area contributed by atoms with E-state index in [4.69, 9.17) is 8.92 Å². The molecule has 0 spiro atoms. The van der Waals surface area contributed by atoms with Gasteiger partial charge >= 0.3 is 16.1 Å². The van der Waals surface area contributed by atoms with Gasteiger partial charge in [0.2, 0.25) is 0 Å². The van der Waals surface area contributed by atoms with Crippen LogP contribution in [0.25, 0.3) is 10.9 Å². The smallest absolute Gasteiger partial charge is 0.336 e. The van der Waals surface area contributed by atoms with Gasteiger partial charge in [-0.1, -0.05) is 19.1 Å². The van der Waals surface area contributed by atoms with E-state index in [2.05, 4.69) is 9.88 Å². The molecule has 0 aliphatic rings. The number of ether oxygens (including phenoxy) is 1. The first kappa shape index (κ1) is 25.6. The average molecular weight is 489 g/mol. The highest BCUT2D eigenvalue weighted by Gasteiger charge is 2.37. The van der Waals surface area contributed by atoms with Crippen molar-refractivity contribution < 1.29 is 27.2 Å². The first-order valence-corrected chi connectivity index (χ1v) is 13.2. The van der Waals surface area contributed by atoms with Crippen LogP contribution in [-0.4, -0.2) is 49.1 Å². The van der Waals surface area contributed by atoms with Crippen LogP contribution < -0.4 is 9.50 Å².